The van der Waals surface area contributed by atoms with E-state index in [1.54, 1.807) is 0 Å². The molecule has 0 saturated heterocycles. The summed E-state index contributed by atoms with van der Waals surface area (Å²) < 4.78 is 0. The number of hydrogen-bond donors (Lipinski definition) is 1. The number of nitrogens with one attached hydrogen (secondary N) is 1. The van der Waals surface area contributed by atoms with Crippen molar-refractivity contribution in [2.75, 3.05) is 11.1 Å². The minimum atomic E-state index is 0.117. The van der Waals surface area contributed by atoms with E-state index in [9.17, 15) is 0 Å². The number of thioether (sulfide) groups is 1. The lowest BCUT2D eigenvalue weighted by molar-refractivity contribution is 0.523. The summed E-state index contributed by atoms with van der Waals surface area (Å²) >= 11 is 1.82. The largest absolute Gasteiger partial charge is 0.335 e. The Hall–Kier alpha value is -0.960. The molecule has 2 nitrogen and oxygen atoms in total. The Morgan fingerprint density at radius 2 is 1.94 bits per heavy atom. The van der Waals surface area contributed by atoms with Crippen LogP contribution in [0.3, 0.4) is 0 Å². The van der Waals surface area contributed by atoms with E-state index in [2.05, 4.69) is 51.2 Å². The molecule has 17 heavy (non-hydrogen) atoms. The van der Waals surface area contributed by atoms with E-state index in [0.717, 1.165) is 23.0 Å². The van der Waals surface area contributed by atoms with Crippen molar-refractivity contribution in [3.05, 3.63) is 29.3 Å². The summed E-state index contributed by atoms with van der Waals surface area (Å²) in [7, 11) is 0. The lowest BCUT2D eigenvalue weighted by Crippen LogP contribution is -2.20. The van der Waals surface area contributed by atoms with Gasteiger partial charge in [-0.1, -0.05) is 24.8 Å². The molecule has 0 aliphatic carbocycles. The summed E-state index contributed by atoms with van der Waals surface area (Å²) in [6.45, 7) is 8.66. The molecule has 0 bridgehead atoms. The summed E-state index contributed by atoms with van der Waals surface area (Å²) in [6.07, 6.45) is 1.10. The molecule has 2 rings (SSSR count). The summed E-state index contributed by atoms with van der Waals surface area (Å²) in [4.78, 5) is 4.76. The van der Waals surface area contributed by atoms with Crippen LogP contribution in [0.15, 0.2) is 23.2 Å². The van der Waals surface area contributed by atoms with E-state index in [1.807, 2.05) is 11.8 Å². The number of hydrogen-bond acceptors (Lipinski definition) is 3. The molecular weight excluding hydrogens is 228 g/mol. The molecule has 1 aromatic carbocycles. The van der Waals surface area contributed by atoms with Crippen LogP contribution < -0.4 is 5.32 Å². The second-order valence-corrected chi connectivity index (χ2v) is 6.02. The van der Waals surface area contributed by atoms with E-state index >= 15 is 0 Å². The summed E-state index contributed by atoms with van der Waals surface area (Å²) in [5, 5.41) is 4.48. The lowest BCUT2D eigenvalue weighted by Gasteiger charge is -2.15. The number of aliphatic imine (C=N–C) groups is 1. The van der Waals surface area contributed by atoms with Crippen LogP contribution in [0.4, 0.5) is 5.69 Å². The molecule has 1 aliphatic heterocycles. The first kappa shape index (κ1) is 12.5. The van der Waals surface area contributed by atoms with Crippen molar-refractivity contribution in [3.8, 4) is 0 Å². The van der Waals surface area contributed by atoms with Crippen LogP contribution in [0, 0.1) is 13.8 Å². The molecule has 3 heteroatoms. The highest BCUT2D eigenvalue weighted by atomic mass is 32.2. The maximum Gasteiger partial charge on any atom is 0.161 e. The Kier molecular flexibility index (Phi) is 3.48. The van der Waals surface area contributed by atoms with Crippen molar-refractivity contribution in [3.63, 3.8) is 0 Å². The number of anilines is 1. The highest BCUT2D eigenvalue weighted by molar-refractivity contribution is 8.14. The molecule has 1 aromatic rings. The quantitative estimate of drug-likeness (QED) is 0.856. The number of nitrogens with zero attached hydrogens (tertiary/aromatic N) is 1. The van der Waals surface area contributed by atoms with Crippen molar-refractivity contribution >= 4 is 22.6 Å². The Morgan fingerprint density at radius 3 is 2.47 bits per heavy atom. The van der Waals surface area contributed by atoms with Crippen LogP contribution >= 0.6 is 11.8 Å². The zero-order chi connectivity index (χ0) is 12.5. The highest BCUT2D eigenvalue weighted by Gasteiger charge is 2.28. The van der Waals surface area contributed by atoms with Crippen molar-refractivity contribution in [1.82, 2.24) is 0 Å². The third kappa shape index (κ3) is 3.03. The molecule has 0 saturated carbocycles. The van der Waals surface area contributed by atoms with Crippen molar-refractivity contribution in [1.29, 1.82) is 0 Å². The van der Waals surface area contributed by atoms with Gasteiger partial charge in [0, 0.05) is 11.4 Å². The van der Waals surface area contributed by atoms with E-state index in [4.69, 9.17) is 4.99 Å². The molecule has 0 aromatic heterocycles. The van der Waals surface area contributed by atoms with Gasteiger partial charge in [0.25, 0.3) is 0 Å². The van der Waals surface area contributed by atoms with E-state index in [-0.39, 0.29) is 5.54 Å². The molecule has 1 unspecified atom stereocenters. The topological polar surface area (TPSA) is 24.4 Å². The number of rotatable bonds is 2. The summed E-state index contributed by atoms with van der Waals surface area (Å²) in [5.41, 5.74) is 3.84. The molecule has 0 radical (unpaired) electrons. The SMILES string of the molecule is CCC1(C)CSC(Nc2cc(C)cc(C)c2)=N1. The first-order chi connectivity index (χ1) is 8.00. The normalized spacial score (nSPS) is 23.6. The van der Waals surface area contributed by atoms with Gasteiger partial charge in [0.2, 0.25) is 0 Å². The zero-order valence-electron chi connectivity index (χ0n) is 11.0. The second-order valence-electron chi connectivity index (χ2n) is 5.06. The molecule has 1 N–H and O–H groups in total. The Bertz CT molecular complexity index is 433. The molecular formula is C14H20N2S. The minimum Gasteiger partial charge on any atom is -0.335 e. The van der Waals surface area contributed by atoms with Gasteiger partial charge in [-0.3, -0.25) is 4.99 Å². The third-order valence-electron chi connectivity index (χ3n) is 3.13. The fraction of sp³-hybridized carbons (Fsp3) is 0.500. The smallest absolute Gasteiger partial charge is 0.161 e. The highest BCUT2D eigenvalue weighted by Crippen LogP contribution is 2.30. The Labute approximate surface area is 108 Å². The molecule has 1 atom stereocenters. The van der Waals surface area contributed by atoms with Gasteiger partial charge < -0.3 is 5.32 Å². The zero-order valence-corrected chi connectivity index (χ0v) is 11.8. The lowest BCUT2D eigenvalue weighted by atomic mass is 10.0. The number of amidine groups is 1. The van der Waals surface area contributed by atoms with Crippen LogP contribution in [-0.4, -0.2) is 16.5 Å². The fourth-order valence-corrected chi connectivity index (χ4v) is 3.14. The minimum absolute atomic E-state index is 0.117. The van der Waals surface area contributed by atoms with Gasteiger partial charge in [-0.2, -0.15) is 0 Å². The first-order valence-electron chi connectivity index (χ1n) is 6.09. The van der Waals surface area contributed by atoms with E-state index < -0.39 is 0 Å². The maximum atomic E-state index is 4.76. The van der Waals surface area contributed by atoms with E-state index in [1.165, 1.54) is 11.1 Å². The van der Waals surface area contributed by atoms with E-state index in [0.29, 0.717) is 0 Å². The fourth-order valence-electron chi connectivity index (χ4n) is 1.95. The van der Waals surface area contributed by atoms with Crippen LogP contribution in [0.1, 0.15) is 31.4 Å². The molecule has 0 fully saturated rings. The predicted octanol–water partition coefficient (Wildman–Crippen LogP) is 3.99. The summed E-state index contributed by atoms with van der Waals surface area (Å²) in [6, 6.07) is 6.51. The Balaban J connectivity index is 2.14. The molecule has 1 aliphatic rings. The van der Waals surface area contributed by atoms with Gasteiger partial charge in [-0.15, -0.1) is 0 Å². The second kappa shape index (κ2) is 4.73. The Morgan fingerprint density at radius 1 is 1.29 bits per heavy atom. The van der Waals surface area contributed by atoms with Crippen LogP contribution in [0.2, 0.25) is 0 Å². The molecule has 0 amide bonds. The van der Waals surface area contributed by atoms with Crippen molar-refractivity contribution in [2.24, 2.45) is 4.99 Å². The predicted molar refractivity (Wildman–Crippen MR) is 78.1 cm³/mol. The average Bonchev–Trinajstić information content (AvgIpc) is 2.59. The third-order valence-corrected chi connectivity index (χ3v) is 4.36. The maximum absolute atomic E-state index is 4.76. The monoisotopic (exact) mass is 248 g/mol. The molecule has 0 spiro atoms. The van der Waals surface area contributed by atoms with Gasteiger partial charge in [0.05, 0.1) is 5.54 Å². The van der Waals surface area contributed by atoms with Crippen LogP contribution in [0.25, 0.3) is 0 Å². The summed E-state index contributed by atoms with van der Waals surface area (Å²) in [5.74, 6) is 1.08. The van der Waals surface area contributed by atoms with Gasteiger partial charge in [-0.05, 0) is 50.5 Å². The van der Waals surface area contributed by atoms with Crippen molar-refractivity contribution in [2.45, 2.75) is 39.7 Å². The van der Waals surface area contributed by atoms with Crippen LogP contribution in [-0.2, 0) is 0 Å². The molecule has 92 valence electrons. The van der Waals surface area contributed by atoms with Gasteiger partial charge >= 0.3 is 0 Å². The standard InChI is InChI=1S/C14H20N2S/c1-5-14(4)9-17-13(16-14)15-12-7-10(2)6-11(3)8-12/h6-8H,5,9H2,1-4H3,(H,15,16). The van der Waals surface area contributed by atoms with Gasteiger partial charge in [0.15, 0.2) is 5.17 Å². The van der Waals surface area contributed by atoms with Crippen LogP contribution in [0.5, 0.6) is 0 Å². The van der Waals surface area contributed by atoms with Gasteiger partial charge in [0.1, 0.15) is 0 Å². The first-order valence-corrected chi connectivity index (χ1v) is 7.07. The number of benzene rings is 1. The number of aryl methyl sites for hydroxylation is 2. The average molecular weight is 248 g/mol. The van der Waals surface area contributed by atoms with Gasteiger partial charge in [-0.25, -0.2) is 0 Å². The molecule has 1 heterocycles. The van der Waals surface area contributed by atoms with Crippen molar-refractivity contribution < 1.29 is 0 Å².